The van der Waals surface area contributed by atoms with Crippen molar-refractivity contribution in [1.82, 2.24) is 5.09 Å². The van der Waals surface area contributed by atoms with Gasteiger partial charge in [0.2, 0.25) is 0 Å². The van der Waals surface area contributed by atoms with Crippen LogP contribution in [0.4, 0.5) is 0 Å². The average Bonchev–Trinajstić information content (AvgIpc) is 1.79. The minimum Gasteiger partial charge on any atom is -0.783 e. The van der Waals surface area contributed by atoms with Crippen LogP contribution in [-0.4, -0.2) is 18.5 Å². The molecular weight excluding hydrogens is 189 g/mol. The van der Waals surface area contributed by atoms with Crippen molar-refractivity contribution < 1.29 is 29.2 Å². The van der Waals surface area contributed by atoms with E-state index in [1.54, 1.807) is 0 Å². The third-order valence-corrected chi connectivity index (χ3v) is 1.20. The number of rotatable bonds is 3. The van der Waals surface area contributed by atoms with E-state index in [1.165, 1.54) is 5.09 Å². The summed E-state index contributed by atoms with van der Waals surface area (Å²) in [7, 11) is -4.97. The summed E-state index contributed by atoms with van der Waals surface area (Å²) in [5.41, 5.74) is 4.84. The second-order valence-electron chi connectivity index (χ2n) is 1.75. The lowest BCUT2D eigenvalue weighted by Crippen LogP contribution is -2.81. The van der Waals surface area contributed by atoms with Crippen LogP contribution in [0.2, 0.25) is 0 Å². The van der Waals surface area contributed by atoms with Crippen molar-refractivity contribution in [3.8, 4) is 0 Å². The molecule has 0 rings (SSSR count). The summed E-state index contributed by atoms with van der Waals surface area (Å²) in [4.78, 5) is 31.5. The number of nitrogens with one attached hydrogen (secondary N) is 2. The van der Waals surface area contributed by atoms with E-state index in [2.05, 4.69) is 0 Å². The van der Waals surface area contributed by atoms with Crippen molar-refractivity contribution in [2.45, 2.75) is 0 Å². The fraction of sp³-hybridized carbons (Fsp3) is 0.333. The van der Waals surface area contributed by atoms with Crippen LogP contribution in [-0.2, 0) is 9.36 Å². The van der Waals surface area contributed by atoms with Crippen LogP contribution in [0, 0.1) is 0 Å². The van der Waals surface area contributed by atoms with Crippen molar-refractivity contribution in [3.63, 3.8) is 0 Å². The first-order chi connectivity index (χ1) is 5.31. The fourth-order valence-electron chi connectivity index (χ4n) is 0.354. The number of hydrogen-bond donors (Lipinski definition) is 3. The lowest BCUT2D eigenvalue weighted by Gasteiger charge is -2.25. The topological polar surface area (TPSA) is 155 Å². The molecule has 0 saturated carbocycles. The molecular formula is C3H6N3O5P-2. The van der Waals surface area contributed by atoms with E-state index < -0.39 is 26.2 Å². The van der Waals surface area contributed by atoms with E-state index >= 15 is 0 Å². The number of hydrogen-bond acceptors (Lipinski definition) is 5. The van der Waals surface area contributed by atoms with Gasteiger partial charge in [-0.15, -0.1) is 0 Å². The molecule has 12 heavy (non-hydrogen) atoms. The zero-order valence-electron chi connectivity index (χ0n) is 5.77. The van der Waals surface area contributed by atoms with Gasteiger partial charge in [-0.1, -0.05) is 0 Å². The molecule has 0 aliphatic heterocycles. The van der Waals surface area contributed by atoms with Gasteiger partial charge < -0.3 is 24.3 Å². The minimum atomic E-state index is -4.97. The van der Waals surface area contributed by atoms with Gasteiger partial charge in [-0.05, 0) is 0 Å². The van der Waals surface area contributed by atoms with Crippen LogP contribution < -0.4 is 30.7 Å². The molecule has 0 saturated heterocycles. The Labute approximate surface area is 67.3 Å². The Bertz CT molecular complexity index is 244. The highest BCUT2D eigenvalue weighted by Gasteiger charge is 1.99. The molecule has 0 aliphatic rings. The second-order valence-corrected chi connectivity index (χ2v) is 2.97. The number of carboxylic acid groups (broad SMARTS) is 1. The number of aliphatic carboxylic acids is 1. The smallest absolute Gasteiger partial charge is 0.344 e. The molecule has 0 heterocycles. The molecule has 0 aromatic carbocycles. The number of nitrogens with two attached hydrogens (primary N) is 1. The summed E-state index contributed by atoms with van der Waals surface area (Å²) in [6, 6.07) is 0. The molecule has 0 unspecified atom stereocenters. The Morgan fingerprint density at radius 3 is 2.42 bits per heavy atom. The molecule has 9 heteroatoms. The largest absolute Gasteiger partial charge is 0.783 e. The average molecular weight is 195 g/mol. The standard InChI is InChI=1S/C3H8N3O5P/c4-3(5-1-2(7)8)6-12(9,10)11/h1H2,(H,7,8)(H5,4,5,6,9,10,11)/p-2. The maximum Gasteiger partial charge on any atom is 0.344 e. The maximum atomic E-state index is 9.94. The van der Waals surface area contributed by atoms with Gasteiger partial charge in [0.15, 0.2) is 0 Å². The summed E-state index contributed by atoms with van der Waals surface area (Å²) in [5, 5.41) is 11.1. The number of carbonyl (C=O) groups is 1. The first-order valence-corrected chi connectivity index (χ1v) is 4.22. The van der Waals surface area contributed by atoms with Crippen LogP contribution in [0.25, 0.3) is 0 Å². The molecule has 0 fully saturated rings. The van der Waals surface area contributed by atoms with Gasteiger partial charge in [0.1, 0.15) is 6.54 Å². The molecule has 4 N–H and O–H groups in total. The van der Waals surface area contributed by atoms with Gasteiger partial charge in [-0.2, -0.15) is 0 Å². The van der Waals surface area contributed by atoms with Crippen molar-refractivity contribution in [2.75, 3.05) is 6.54 Å². The molecule has 0 amide bonds. The zero-order chi connectivity index (χ0) is 9.78. The van der Waals surface area contributed by atoms with E-state index in [4.69, 9.17) is 5.73 Å². The van der Waals surface area contributed by atoms with E-state index in [-0.39, 0.29) is 0 Å². The number of guanidine groups is 1. The summed E-state index contributed by atoms with van der Waals surface area (Å²) >= 11 is 0. The monoisotopic (exact) mass is 195 g/mol. The third kappa shape index (κ3) is 7.00. The van der Waals surface area contributed by atoms with Gasteiger partial charge in [0.05, 0.1) is 13.7 Å². The highest BCUT2D eigenvalue weighted by atomic mass is 31.2. The minimum absolute atomic E-state index is 0.646. The molecule has 0 radical (unpaired) electrons. The quantitative estimate of drug-likeness (QED) is 0.229. The summed E-state index contributed by atoms with van der Waals surface area (Å²) < 4.78 is 9.94. The first-order valence-electron chi connectivity index (χ1n) is 2.68. The molecule has 0 aromatic rings. The zero-order valence-corrected chi connectivity index (χ0v) is 6.67. The van der Waals surface area contributed by atoms with Gasteiger partial charge in [-0.25, -0.2) is 0 Å². The van der Waals surface area contributed by atoms with Gasteiger partial charge in [-0.3, -0.25) is 15.8 Å². The molecule has 0 spiro atoms. The Morgan fingerprint density at radius 2 is 2.08 bits per heavy atom. The summed E-state index contributed by atoms with van der Waals surface area (Å²) in [5.74, 6) is -2.13. The fourth-order valence-corrected chi connectivity index (χ4v) is 0.729. The highest BCUT2D eigenvalue weighted by molar-refractivity contribution is 7.47. The lowest BCUT2D eigenvalue weighted by atomic mass is 10.7. The van der Waals surface area contributed by atoms with Crippen LogP contribution in [0.5, 0.6) is 0 Å². The summed E-state index contributed by atoms with van der Waals surface area (Å²) in [6.45, 7) is -0.682. The first kappa shape index (κ1) is 10.9. The predicted molar refractivity (Wildman–Crippen MR) is 30.8 cm³/mol. The van der Waals surface area contributed by atoms with Gasteiger partial charge in [0, 0.05) is 0 Å². The van der Waals surface area contributed by atoms with Crippen molar-refractivity contribution in [3.05, 3.63) is 0 Å². The predicted octanol–water partition coefficient (Wildman–Crippen LogP) is -6.45. The van der Waals surface area contributed by atoms with E-state index in [0.29, 0.717) is 0 Å². The highest BCUT2D eigenvalue weighted by Crippen LogP contribution is 2.12. The SMILES string of the molecule is NC(NP(=O)([O-])[O-])=[NH+]CC(=O)[O-]. The molecule has 0 aromatic heterocycles. The number of carboxylic acids is 1. The van der Waals surface area contributed by atoms with E-state index in [9.17, 15) is 24.3 Å². The second kappa shape index (κ2) is 4.05. The molecule has 0 aliphatic carbocycles. The van der Waals surface area contributed by atoms with Crippen LogP contribution in [0.1, 0.15) is 0 Å². The molecule has 8 nitrogen and oxygen atoms in total. The van der Waals surface area contributed by atoms with Crippen LogP contribution >= 0.6 is 7.75 Å². The van der Waals surface area contributed by atoms with Crippen molar-refractivity contribution in [1.29, 1.82) is 0 Å². The van der Waals surface area contributed by atoms with Gasteiger partial charge in [0.25, 0.3) is 0 Å². The Balaban J connectivity index is 4.04. The van der Waals surface area contributed by atoms with E-state index in [0.717, 1.165) is 0 Å². The Hall–Kier alpha value is -1.11. The maximum absolute atomic E-state index is 9.94. The molecule has 70 valence electrons. The third-order valence-electron chi connectivity index (χ3n) is 0.681. The number of carbonyl (C=O) groups excluding carboxylic acids is 1. The Morgan fingerprint density at radius 1 is 1.58 bits per heavy atom. The van der Waals surface area contributed by atoms with Gasteiger partial charge >= 0.3 is 5.96 Å². The van der Waals surface area contributed by atoms with Crippen molar-refractivity contribution >= 4 is 19.7 Å². The summed E-state index contributed by atoms with van der Waals surface area (Å²) in [6.07, 6.45) is 0. The molecule has 0 bridgehead atoms. The van der Waals surface area contributed by atoms with Crippen LogP contribution in [0.3, 0.4) is 0 Å². The Kier molecular flexibility index (Phi) is 3.68. The van der Waals surface area contributed by atoms with Crippen LogP contribution in [0.15, 0.2) is 0 Å². The van der Waals surface area contributed by atoms with E-state index in [1.807, 2.05) is 4.99 Å². The lowest BCUT2D eigenvalue weighted by molar-refractivity contribution is -0.467. The van der Waals surface area contributed by atoms with Crippen molar-refractivity contribution in [2.24, 2.45) is 5.73 Å². The molecule has 0 atom stereocenters. The normalized spacial score (nSPS) is 12.7.